The summed E-state index contributed by atoms with van der Waals surface area (Å²) in [7, 11) is -3.11. The molecule has 9 nitrogen and oxygen atoms in total. The van der Waals surface area contributed by atoms with Gasteiger partial charge in [0.1, 0.15) is 23.0 Å². The van der Waals surface area contributed by atoms with Crippen LogP contribution in [0.15, 0.2) is 85.6 Å². The van der Waals surface area contributed by atoms with Gasteiger partial charge in [-0.15, -0.1) is 12.6 Å². The molecule has 3 aromatic rings. The Kier molecular flexibility index (Phi) is 33.2. The van der Waals surface area contributed by atoms with Crippen LogP contribution in [0.25, 0.3) is 0 Å². The Morgan fingerprint density at radius 3 is 1.36 bits per heavy atom. The van der Waals surface area contributed by atoms with Crippen molar-refractivity contribution in [3.63, 3.8) is 0 Å². The van der Waals surface area contributed by atoms with Gasteiger partial charge in [-0.2, -0.15) is 0 Å². The molecule has 0 heterocycles. The standard InChI is InChI=1S/C20H32O2.2C10H14O.C10H18O.C8H12O.O3S.H2P/c1-4-16(2)19-10-12-20(13-11-19)22-17(3)21-15-14-18-8-6-5-7-9-18;2*1-3-8(2)9-4-6-10(11)7-5-9;1-2-11-9-8-10-6-4-3-5-7-10;1-8-3-2-6(5-8)4-7(8)9;1-4(2)3;/h10-13,16-18H,4-9,14-15H2,1-3H3;2*4-8,11H,3H2,1-2H3;2,10H,1,3-9H2;6H,2-5H2,1H3;;1H2/q;;;;;;-1. The van der Waals surface area contributed by atoms with Gasteiger partial charge in [0.15, 0.2) is 6.29 Å². The fourth-order valence-corrected chi connectivity index (χ4v) is 9.38. The average Bonchev–Trinajstić information content (AvgIpc) is 3.87. The summed E-state index contributed by atoms with van der Waals surface area (Å²) in [5.41, 5.74) is 4.10. The highest BCUT2D eigenvalue weighted by atomic mass is 32.2. The molecule has 4 aliphatic carbocycles. The summed E-state index contributed by atoms with van der Waals surface area (Å²) < 4.78 is 42.1. The molecule has 0 saturated heterocycles. The molecule has 4 aliphatic rings. The zero-order valence-electron chi connectivity index (χ0n) is 43.8. The summed E-state index contributed by atoms with van der Waals surface area (Å²) in [4.78, 5) is 11.2. The number of fused-ring (bicyclic) bond motifs is 2. The molecule has 6 unspecified atom stereocenters. The summed E-state index contributed by atoms with van der Waals surface area (Å²) in [6, 6.07) is 23.3. The van der Waals surface area contributed by atoms with Crippen molar-refractivity contribution in [2.24, 2.45) is 23.2 Å². The quantitative estimate of drug-likeness (QED) is 0.0622. The minimum absolute atomic E-state index is 0. The third-order valence-corrected chi connectivity index (χ3v) is 14.6. The van der Waals surface area contributed by atoms with Crippen molar-refractivity contribution in [3.05, 3.63) is 102 Å². The first-order chi connectivity index (χ1) is 32.5. The molecule has 0 spiro atoms. The van der Waals surface area contributed by atoms with Gasteiger partial charge < -0.3 is 34.3 Å². The Morgan fingerprint density at radius 1 is 0.652 bits per heavy atom. The van der Waals surface area contributed by atoms with E-state index >= 15 is 0 Å². The number of hydrogen-bond acceptors (Lipinski definition) is 9. The molecule has 3 aromatic carbocycles. The molecule has 0 aliphatic heterocycles. The number of rotatable bonds is 16. The molecule has 7 rings (SSSR count). The highest BCUT2D eigenvalue weighted by Gasteiger charge is 2.47. The van der Waals surface area contributed by atoms with Crippen LogP contribution in [0.1, 0.15) is 212 Å². The largest absolute Gasteiger partial charge is 0.577 e. The van der Waals surface area contributed by atoms with Gasteiger partial charge in [0.2, 0.25) is 0 Å². The third-order valence-electron chi connectivity index (χ3n) is 14.6. The van der Waals surface area contributed by atoms with Gasteiger partial charge in [-0.1, -0.05) is 156 Å². The fourth-order valence-electron chi connectivity index (χ4n) is 9.38. The Labute approximate surface area is 423 Å². The van der Waals surface area contributed by atoms with Crippen LogP contribution in [0.4, 0.5) is 0 Å². The van der Waals surface area contributed by atoms with E-state index in [1.54, 1.807) is 30.5 Å². The van der Waals surface area contributed by atoms with Crippen LogP contribution in [0, 0.1) is 23.2 Å². The highest BCUT2D eigenvalue weighted by molar-refractivity contribution is 7.59. The minimum Gasteiger partial charge on any atom is -0.577 e. The number of ketones is 1. The third kappa shape index (κ3) is 26.9. The Balaban J connectivity index is 0.000000439. The summed E-state index contributed by atoms with van der Waals surface area (Å²) in [5, 5.41) is 18.0. The molecule has 4 fully saturated rings. The highest BCUT2D eigenvalue weighted by Crippen LogP contribution is 2.51. The second kappa shape index (κ2) is 36.2. The second-order valence-corrected chi connectivity index (χ2v) is 20.3. The predicted octanol–water partition coefficient (Wildman–Crippen LogP) is 15.9. The van der Waals surface area contributed by atoms with E-state index in [1.165, 1.54) is 113 Å². The van der Waals surface area contributed by atoms with Crippen molar-refractivity contribution in [1.29, 1.82) is 0 Å². The smallest absolute Gasteiger partial charge is 0.425 e. The number of aromatic hydroxyl groups is 2. The Hall–Kier alpha value is -3.72. The Bertz CT molecular complexity index is 1840. The minimum atomic E-state index is -3.11. The molecule has 2 bridgehead atoms. The van der Waals surface area contributed by atoms with E-state index < -0.39 is 10.6 Å². The first-order valence-electron chi connectivity index (χ1n) is 26.0. The van der Waals surface area contributed by atoms with Gasteiger partial charge in [0.25, 0.3) is 0 Å². The van der Waals surface area contributed by atoms with Gasteiger partial charge in [-0.3, -0.25) is 4.79 Å². The monoisotopic (exact) mass is 996 g/mol. The first kappa shape index (κ1) is 63.3. The maximum atomic E-state index is 11.2. The van der Waals surface area contributed by atoms with E-state index in [2.05, 4.69) is 79.3 Å². The van der Waals surface area contributed by atoms with Crippen LogP contribution in [0.2, 0.25) is 0 Å². The van der Waals surface area contributed by atoms with Crippen LogP contribution in [0.3, 0.4) is 0 Å². The van der Waals surface area contributed by atoms with Crippen molar-refractivity contribution in [1.82, 2.24) is 0 Å². The zero-order valence-corrected chi connectivity index (χ0v) is 45.8. The molecule has 0 radical (unpaired) electrons. The Morgan fingerprint density at radius 2 is 1.04 bits per heavy atom. The predicted molar refractivity (Wildman–Crippen MR) is 288 cm³/mol. The molecule has 4 saturated carbocycles. The molecule has 6 atom stereocenters. The average molecular weight is 996 g/mol. The lowest BCUT2D eigenvalue weighted by Gasteiger charge is -2.22. The van der Waals surface area contributed by atoms with E-state index in [4.69, 9.17) is 37.1 Å². The number of Topliss-reactive ketones (excluding diaryl/α,β-unsaturated/α-hetero) is 1. The molecule has 0 amide bonds. The summed E-state index contributed by atoms with van der Waals surface area (Å²) in [5.74, 6) is 6.48. The maximum absolute atomic E-state index is 11.2. The van der Waals surface area contributed by atoms with Crippen molar-refractivity contribution in [3.8, 4) is 17.2 Å². The summed E-state index contributed by atoms with van der Waals surface area (Å²) >= 11 is 0. The summed E-state index contributed by atoms with van der Waals surface area (Å²) in [6.45, 7) is 22.5. The number of hydrogen-bond donors (Lipinski definition) is 2. The van der Waals surface area contributed by atoms with Crippen molar-refractivity contribution >= 4 is 26.3 Å². The molecular weight excluding hydrogens is 904 g/mol. The lowest BCUT2D eigenvalue weighted by Crippen LogP contribution is -2.20. The molecular formula is C58H92O9PS-. The number of benzene rings is 3. The van der Waals surface area contributed by atoms with E-state index in [0.29, 0.717) is 35.0 Å². The molecule has 390 valence electrons. The van der Waals surface area contributed by atoms with E-state index in [-0.39, 0.29) is 21.6 Å². The molecule has 0 aromatic heterocycles. The summed E-state index contributed by atoms with van der Waals surface area (Å²) in [6.07, 6.45) is 25.9. The van der Waals surface area contributed by atoms with Gasteiger partial charge >= 0.3 is 10.6 Å². The van der Waals surface area contributed by atoms with Crippen LogP contribution in [-0.4, -0.2) is 48.1 Å². The molecule has 2 N–H and O–H groups in total. The molecule has 69 heavy (non-hydrogen) atoms. The van der Waals surface area contributed by atoms with Crippen LogP contribution in [0.5, 0.6) is 17.2 Å². The number of phenolic OH excluding ortho intramolecular Hbond substituents is 2. The van der Waals surface area contributed by atoms with E-state index in [0.717, 1.165) is 62.4 Å². The van der Waals surface area contributed by atoms with Gasteiger partial charge in [-0.05, 0) is 147 Å². The van der Waals surface area contributed by atoms with Crippen molar-refractivity contribution in [2.75, 3.05) is 13.2 Å². The van der Waals surface area contributed by atoms with Crippen LogP contribution >= 0.6 is 9.90 Å². The topological polar surface area (TPSA) is 136 Å². The van der Waals surface area contributed by atoms with E-state index in [1.807, 2.05) is 31.2 Å². The normalized spacial score (nSPS) is 19.9. The maximum Gasteiger partial charge on any atom is 0.425 e. The van der Waals surface area contributed by atoms with Gasteiger partial charge in [0.05, 0.1) is 19.5 Å². The van der Waals surface area contributed by atoms with Crippen molar-refractivity contribution < 1.29 is 41.8 Å². The lowest BCUT2D eigenvalue weighted by molar-refractivity contribution is -0.126. The van der Waals surface area contributed by atoms with Crippen LogP contribution < -0.4 is 4.74 Å². The fraction of sp³-hybridized carbons (Fsp3) is 0.638. The van der Waals surface area contributed by atoms with E-state index in [9.17, 15) is 4.79 Å². The number of carbonyl (C=O) groups excluding carboxylic acids is 1. The van der Waals surface area contributed by atoms with Crippen molar-refractivity contribution in [2.45, 2.75) is 201 Å². The molecule has 11 heteroatoms. The number of ether oxygens (including phenoxy) is 3. The first-order valence-corrected chi connectivity index (χ1v) is 27.0. The number of carbonyl (C=O) groups is 1. The zero-order chi connectivity index (χ0) is 50.3. The van der Waals surface area contributed by atoms with Gasteiger partial charge in [-0.25, -0.2) is 0 Å². The second-order valence-electron chi connectivity index (χ2n) is 19.9. The van der Waals surface area contributed by atoms with Gasteiger partial charge in [0, 0.05) is 11.8 Å². The number of phenols is 2. The SMILES string of the molecule is C=COCCC1CCCCC1.CC12CCC(CC1=O)C2.CCC(C)c1ccc(O)cc1.CCC(C)c1ccc(O)cc1.CCC(C)c1ccc(OC(C)OCCC2CCCCC2)cc1.O=S(=O)=O.[PH2-]. The van der Waals surface area contributed by atoms with Crippen LogP contribution in [-0.2, 0) is 24.9 Å². The lowest BCUT2D eigenvalue weighted by atomic mass is 9.86.